The van der Waals surface area contributed by atoms with Crippen molar-refractivity contribution in [1.29, 1.82) is 0 Å². The number of fused-ring (bicyclic) bond motifs is 2. The van der Waals surface area contributed by atoms with E-state index in [1.807, 2.05) is 0 Å². The molecule has 1 nitrogen and oxygen atoms in total. The van der Waals surface area contributed by atoms with Crippen molar-refractivity contribution >= 4 is 0 Å². The Morgan fingerprint density at radius 3 is 2.89 bits per heavy atom. The smallest absolute Gasteiger partial charge is 0.0167 e. The number of benzene rings is 1. The summed E-state index contributed by atoms with van der Waals surface area (Å²) >= 11 is 0. The van der Waals surface area contributed by atoms with Crippen molar-refractivity contribution in [3.8, 4) is 0 Å². The minimum Gasteiger partial charge on any atom is -0.313 e. The number of rotatable bonds is 2. The fourth-order valence-corrected chi connectivity index (χ4v) is 4.36. The van der Waals surface area contributed by atoms with E-state index in [-0.39, 0.29) is 0 Å². The summed E-state index contributed by atoms with van der Waals surface area (Å²) in [4.78, 5) is 0. The van der Waals surface area contributed by atoms with Crippen LogP contribution in [0.1, 0.15) is 57.1 Å². The molecule has 1 aliphatic carbocycles. The number of nitrogens with one attached hydrogen (secondary N) is 1. The Kier molecular flexibility index (Phi) is 3.66. The van der Waals surface area contributed by atoms with Crippen LogP contribution in [0.3, 0.4) is 0 Å². The lowest BCUT2D eigenvalue weighted by Crippen LogP contribution is -2.41. The normalized spacial score (nSPS) is 30.6. The standard InChI is InChI=1S/C18H27N/c1-14(2)13-17-18(11-12-19-17)10-6-5-8-15-7-3-4-9-16(15)18/h3-4,7,9,14,17,19H,5-6,8,10-13H2,1-2H3. The third-order valence-corrected chi connectivity index (χ3v) is 5.21. The summed E-state index contributed by atoms with van der Waals surface area (Å²) in [6, 6.07) is 9.94. The molecule has 19 heavy (non-hydrogen) atoms. The van der Waals surface area contributed by atoms with Crippen LogP contribution in [0.2, 0.25) is 0 Å². The van der Waals surface area contributed by atoms with Crippen LogP contribution in [0.15, 0.2) is 24.3 Å². The van der Waals surface area contributed by atoms with Gasteiger partial charge in [0, 0.05) is 11.5 Å². The van der Waals surface area contributed by atoms with Gasteiger partial charge in [-0.3, -0.25) is 0 Å². The quantitative estimate of drug-likeness (QED) is 0.842. The predicted molar refractivity (Wildman–Crippen MR) is 81.5 cm³/mol. The zero-order valence-corrected chi connectivity index (χ0v) is 12.4. The van der Waals surface area contributed by atoms with Crippen molar-refractivity contribution in [1.82, 2.24) is 5.32 Å². The van der Waals surface area contributed by atoms with Crippen LogP contribution in [-0.2, 0) is 11.8 Å². The fourth-order valence-electron chi connectivity index (χ4n) is 4.36. The molecular formula is C18H27N. The number of hydrogen-bond acceptors (Lipinski definition) is 1. The highest BCUT2D eigenvalue weighted by Gasteiger charge is 2.45. The van der Waals surface area contributed by atoms with Crippen LogP contribution in [0.4, 0.5) is 0 Å². The zero-order valence-electron chi connectivity index (χ0n) is 12.4. The molecule has 104 valence electrons. The minimum atomic E-state index is 0.428. The van der Waals surface area contributed by atoms with Crippen LogP contribution < -0.4 is 5.32 Å². The minimum absolute atomic E-state index is 0.428. The molecule has 0 radical (unpaired) electrons. The van der Waals surface area contributed by atoms with Crippen LogP contribution in [-0.4, -0.2) is 12.6 Å². The molecule has 0 amide bonds. The van der Waals surface area contributed by atoms with Crippen LogP contribution in [0.25, 0.3) is 0 Å². The summed E-state index contributed by atoms with van der Waals surface area (Å²) in [7, 11) is 0. The fraction of sp³-hybridized carbons (Fsp3) is 0.667. The topological polar surface area (TPSA) is 12.0 Å². The molecule has 1 spiro atoms. The van der Waals surface area contributed by atoms with Crippen molar-refractivity contribution in [3.63, 3.8) is 0 Å². The maximum Gasteiger partial charge on any atom is 0.0167 e. The third kappa shape index (κ3) is 2.33. The maximum absolute atomic E-state index is 3.82. The molecule has 2 unspecified atom stereocenters. The van der Waals surface area contributed by atoms with Gasteiger partial charge in [0.25, 0.3) is 0 Å². The molecule has 0 saturated carbocycles. The van der Waals surface area contributed by atoms with Crippen molar-refractivity contribution in [2.75, 3.05) is 6.54 Å². The molecule has 0 aromatic heterocycles. The second kappa shape index (κ2) is 5.28. The number of aryl methyl sites for hydroxylation is 1. The summed E-state index contributed by atoms with van der Waals surface area (Å²) in [5.74, 6) is 0.780. The molecule has 1 heteroatoms. The monoisotopic (exact) mass is 257 g/mol. The highest BCUT2D eigenvalue weighted by Crippen LogP contribution is 2.45. The summed E-state index contributed by atoms with van der Waals surface area (Å²) in [5, 5.41) is 3.82. The Hall–Kier alpha value is -0.820. The van der Waals surface area contributed by atoms with E-state index in [0.717, 1.165) is 5.92 Å². The molecule has 2 atom stereocenters. The molecule has 1 N–H and O–H groups in total. The molecule has 1 aliphatic heterocycles. The largest absolute Gasteiger partial charge is 0.313 e. The zero-order chi connectivity index (χ0) is 13.3. The van der Waals surface area contributed by atoms with E-state index in [2.05, 4.69) is 43.4 Å². The highest BCUT2D eigenvalue weighted by molar-refractivity contribution is 5.38. The van der Waals surface area contributed by atoms with E-state index in [1.165, 1.54) is 45.1 Å². The second-order valence-electron chi connectivity index (χ2n) is 6.91. The second-order valence-corrected chi connectivity index (χ2v) is 6.91. The van der Waals surface area contributed by atoms with Crippen LogP contribution >= 0.6 is 0 Å². The molecular weight excluding hydrogens is 230 g/mol. The van der Waals surface area contributed by atoms with Gasteiger partial charge in [0.2, 0.25) is 0 Å². The average molecular weight is 257 g/mol. The Labute approximate surface area is 117 Å². The molecule has 1 aromatic rings. The highest BCUT2D eigenvalue weighted by atomic mass is 15.0. The predicted octanol–water partition coefficient (Wildman–Crippen LogP) is 4.06. The van der Waals surface area contributed by atoms with Gasteiger partial charge in [-0.1, -0.05) is 44.5 Å². The molecule has 3 rings (SSSR count). The van der Waals surface area contributed by atoms with Crippen molar-refractivity contribution < 1.29 is 0 Å². The van der Waals surface area contributed by atoms with Gasteiger partial charge in [0.1, 0.15) is 0 Å². The van der Waals surface area contributed by atoms with Crippen LogP contribution in [0.5, 0.6) is 0 Å². The summed E-state index contributed by atoms with van der Waals surface area (Å²) in [6.45, 7) is 5.92. The lowest BCUT2D eigenvalue weighted by Gasteiger charge is -2.37. The van der Waals surface area contributed by atoms with Crippen molar-refractivity contribution in [2.45, 2.75) is 63.8 Å². The van der Waals surface area contributed by atoms with Gasteiger partial charge in [-0.15, -0.1) is 0 Å². The van der Waals surface area contributed by atoms with E-state index in [1.54, 1.807) is 11.1 Å². The van der Waals surface area contributed by atoms with E-state index in [4.69, 9.17) is 0 Å². The van der Waals surface area contributed by atoms with E-state index >= 15 is 0 Å². The van der Waals surface area contributed by atoms with Gasteiger partial charge in [-0.25, -0.2) is 0 Å². The Morgan fingerprint density at radius 2 is 2.05 bits per heavy atom. The summed E-state index contributed by atoms with van der Waals surface area (Å²) in [5.41, 5.74) is 3.72. The molecule has 1 aromatic carbocycles. The summed E-state index contributed by atoms with van der Waals surface area (Å²) in [6.07, 6.45) is 8.08. The van der Waals surface area contributed by atoms with Crippen molar-refractivity contribution in [3.05, 3.63) is 35.4 Å². The average Bonchev–Trinajstić information content (AvgIpc) is 2.68. The Balaban J connectivity index is 2.01. The van der Waals surface area contributed by atoms with E-state index < -0.39 is 0 Å². The third-order valence-electron chi connectivity index (χ3n) is 5.21. The van der Waals surface area contributed by atoms with Gasteiger partial charge in [-0.05, 0) is 55.7 Å². The lowest BCUT2D eigenvalue weighted by atomic mass is 9.69. The van der Waals surface area contributed by atoms with E-state index in [9.17, 15) is 0 Å². The van der Waals surface area contributed by atoms with Gasteiger partial charge in [-0.2, -0.15) is 0 Å². The van der Waals surface area contributed by atoms with Gasteiger partial charge in [0.15, 0.2) is 0 Å². The number of hydrogen-bond donors (Lipinski definition) is 1. The Morgan fingerprint density at radius 1 is 1.21 bits per heavy atom. The van der Waals surface area contributed by atoms with Crippen molar-refractivity contribution in [2.24, 2.45) is 5.92 Å². The first-order valence-corrected chi connectivity index (χ1v) is 8.04. The first-order chi connectivity index (χ1) is 9.22. The summed E-state index contributed by atoms with van der Waals surface area (Å²) < 4.78 is 0. The van der Waals surface area contributed by atoms with Crippen LogP contribution in [0, 0.1) is 5.92 Å². The lowest BCUT2D eigenvalue weighted by molar-refractivity contribution is 0.299. The molecule has 1 heterocycles. The molecule has 0 bridgehead atoms. The first kappa shape index (κ1) is 13.2. The maximum atomic E-state index is 3.82. The van der Waals surface area contributed by atoms with E-state index in [0.29, 0.717) is 11.5 Å². The van der Waals surface area contributed by atoms with Gasteiger partial charge >= 0.3 is 0 Å². The molecule has 2 aliphatic rings. The van der Waals surface area contributed by atoms with Gasteiger partial charge in [0.05, 0.1) is 0 Å². The molecule has 1 fully saturated rings. The first-order valence-electron chi connectivity index (χ1n) is 8.04. The van der Waals surface area contributed by atoms with Gasteiger partial charge < -0.3 is 5.32 Å². The SMILES string of the molecule is CC(C)CC1NCCC12CCCCc1ccccc12. The Bertz CT molecular complexity index is 437. The molecule has 1 saturated heterocycles.